The van der Waals surface area contributed by atoms with E-state index in [1.54, 1.807) is 18.3 Å². The third-order valence-corrected chi connectivity index (χ3v) is 8.22. The zero-order chi connectivity index (χ0) is 25.2. The van der Waals surface area contributed by atoms with Gasteiger partial charge in [-0.25, -0.2) is 9.78 Å². The van der Waals surface area contributed by atoms with E-state index in [0.29, 0.717) is 17.1 Å². The van der Waals surface area contributed by atoms with Crippen LogP contribution in [0.25, 0.3) is 11.1 Å². The fourth-order valence-electron chi connectivity index (χ4n) is 4.83. The Kier molecular flexibility index (Phi) is 6.94. The molecule has 0 spiro atoms. The van der Waals surface area contributed by atoms with E-state index in [1.807, 2.05) is 43.3 Å². The largest absolute Gasteiger partial charge is 0.465 e. The first-order chi connectivity index (χ1) is 17.5. The van der Waals surface area contributed by atoms with Crippen molar-refractivity contribution in [2.45, 2.75) is 29.3 Å². The van der Waals surface area contributed by atoms with Gasteiger partial charge < -0.3 is 10.0 Å². The summed E-state index contributed by atoms with van der Waals surface area (Å²) in [7, 11) is 0. The molecule has 7 heteroatoms. The van der Waals surface area contributed by atoms with Crippen molar-refractivity contribution in [3.05, 3.63) is 111 Å². The summed E-state index contributed by atoms with van der Waals surface area (Å²) in [4.78, 5) is 30.8. The number of hydrogen-bond donors (Lipinski definition) is 1. The number of benzene rings is 3. The maximum absolute atomic E-state index is 12.5. The summed E-state index contributed by atoms with van der Waals surface area (Å²) in [5.41, 5.74) is 6.96. The van der Waals surface area contributed by atoms with E-state index in [-0.39, 0.29) is 12.5 Å². The fraction of sp³-hybridized carbons (Fsp3) is 0.138. The van der Waals surface area contributed by atoms with Crippen molar-refractivity contribution in [3.63, 3.8) is 0 Å². The van der Waals surface area contributed by atoms with Gasteiger partial charge in [-0.15, -0.1) is 0 Å². The highest BCUT2D eigenvalue weighted by Crippen LogP contribution is 2.45. The Balaban J connectivity index is 1.50. The molecular weight excluding hydrogens is 536 g/mol. The fourth-order valence-corrected chi connectivity index (χ4v) is 6.47. The number of aromatic nitrogens is 1. The summed E-state index contributed by atoms with van der Waals surface area (Å²) in [6.45, 7) is 2.53. The highest BCUT2D eigenvalue weighted by Gasteiger charge is 2.31. The Labute approximate surface area is 222 Å². The number of carbonyl (C=O) groups is 2. The van der Waals surface area contributed by atoms with Crippen LogP contribution in [0.4, 0.5) is 4.79 Å². The van der Waals surface area contributed by atoms with Crippen LogP contribution in [0.2, 0.25) is 0 Å². The molecule has 1 aromatic heterocycles. The quantitative estimate of drug-likeness (QED) is 0.239. The van der Waals surface area contributed by atoms with Crippen LogP contribution in [0.1, 0.15) is 38.5 Å². The second-order valence-corrected chi connectivity index (χ2v) is 10.6. The van der Waals surface area contributed by atoms with Crippen molar-refractivity contribution in [2.24, 2.45) is 0 Å². The number of rotatable bonds is 7. The molecule has 4 aromatic rings. The molecule has 36 heavy (non-hydrogen) atoms. The molecule has 0 aliphatic heterocycles. The van der Waals surface area contributed by atoms with Gasteiger partial charge in [-0.1, -0.05) is 76.2 Å². The number of nitrogens with zero attached hydrogens (tertiary/aromatic N) is 2. The second kappa shape index (κ2) is 10.3. The minimum atomic E-state index is -0.975. The van der Waals surface area contributed by atoms with Crippen LogP contribution in [0.5, 0.6) is 0 Å². The van der Waals surface area contributed by atoms with E-state index in [9.17, 15) is 14.7 Å². The highest BCUT2D eigenvalue weighted by atomic mass is 79.9. The van der Waals surface area contributed by atoms with Crippen LogP contribution in [0.15, 0.2) is 93.4 Å². The van der Waals surface area contributed by atoms with E-state index >= 15 is 0 Å². The number of pyridine rings is 1. The van der Waals surface area contributed by atoms with Gasteiger partial charge in [-0.3, -0.25) is 4.79 Å². The van der Waals surface area contributed by atoms with Gasteiger partial charge in [0.05, 0.1) is 6.54 Å². The van der Waals surface area contributed by atoms with Crippen molar-refractivity contribution in [1.29, 1.82) is 0 Å². The molecular formula is C29H23BrN2O3S. The standard InChI is InChI=1S/C29H23BrN2O3S/c1-18-13-21(30)14-20(27(18)36-28-19(17-33)7-6-12-31-28)15-32(29(34)35)16-26-24-10-4-2-8-22(24)23-9-3-5-11-25(23)26/h2-14,17,26H,15-16H2,1H3,(H,34,35). The maximum atomic E-state index is 12.5. The number of carboxylic acid groups (broad SMARTS) is 1. The smallest absolute Gasteiger partial charge is 0.407 e. The molecule has 0 bridgehead atoms. The van der Waals surface area contributed by atoms with Gasteiger partial charge in [0.1, 0.15) is 5.03 Å². The topological polar surface area (TPSA) is 70.5 Å². The van der Waals surface area contributed by atoms with E-state index in [4.69, 9.17) is 0 Å². The normalized spacial score (nSPS) is 12.2. The van der Waals surface area contributed by atoms with Gasteiger partial charge in [0.15, 0.2) is 6.29 Å². The predicted molar refractivity (Wildman–Crippen MR) is 145 cm³/mol. The van der Waals surface area contributed by atoms with Gasteiger partial charge in [0.2, 0.25) is 0 Å². The molecule has 0 fully saturated rings. The molecule has 180 valence electrons. The van der Waals surface area contributed by atoms with Crippen molar-refractivity contribution in [1.82, 2.24) is 9.88 Å². The Morgan fingerprint density at radius 2 is 1.72 bits per heavy atom. The minimum Gasteiger partial charge on any atom is -0.465 e. The number of fused-ring (bicyclic) bond motifs is 3. The molecule has 1 aliphatic carbocycles. The third-order valence-electron chi connectivity index (χ3n) is 6.44. The molecule has 1 aliphatic rings. The van der Waals surface area contributed by atoms with Crippen LogP contribution in [0, 0.1) is 6.92 Å². The molecule has 0 radical (unpaired) electrons. The average Bonchev–Trinajstić information content (AvgIpc) is 3.19. The Morgan fingerprint density at radius 1 is 1.06 bits per heavy atom. The number of amides is 1. The van der Waals surface area contributed by atoms with Crippen LogP contribution in [-0.2, 0) is 6.54 Å². The first-order valence-electron chi connectivity index (χ1n) is 11.5. The Hall–Kier alpha value is -3.42. The van der Waals surface area contributed by atoms with Crippen molar-refractivity contribution in [2.75, 3.05) is 6.54 Å². The molecule has 0 saturated heterocycles. The lowest BCUT2D eigenvalue weighted by Gasteiger charge is -2.26. The van der Waals surface area contributed by atoms with Gasteiger partial charge in [-0.05, 0) is 64.6 Å². The second-order valence-electron chi connectivity index (χ2n) is 8.72. The zero-order valence-electron chi connectivity index (χ0n) is 19.5. The van der Waals surface area contributed by atoms with E-state index in [2.05, 4.69) is 45.2 Å². The average molecular weight is 559 g/mol. The first kappa shape index (κ1) is 24.3. The molecule has 0 atom stereocenters. The predicted octanol–water partition coefficient (Wildman–Crippen LogP) is 7.41. The van der Waals surface area contributed by atoms with E-state index in [0.717, 1.165) is 49.0 Å². The lowest BCUT2D eigenvalue weighted by molar-refractivity contribution is 0.112. The Bertz CT molecular complexity index is 1430. The van der Waals surface area contributed by atoms with Gasteiger partial charge in [-0.2, -0.15) is 0 Å². The summed E-state index contributed by atoms with van der Waals surface area (Å²) >= 11 is 4.96. The number of aldehydes is 1. The van der Waals surface area contributed by atoms with Gasteiger partial charge >= 0.3 is 6.09 Å². The lowest BCUT2D eigenvalue weighted by atomic mass is 9.96. The van der Waals surface area contributed by atoms with Crippen molar-refractivity contribution < 1.29 is 14.7 Å². The molecule has 1 N–H and O–H groups in total. The molecule has 1 amide bonds. The van der Waals surface area contributed by atoms with Crippen LogP contribution >= 0.6 is 27.7 Å². The molecule has 5 nitrogen and oxygen atoms in total. The first-order valence-corrected chi connectivity index (χ1v) is 13.1. The van der Waals surface area contributed by atoms with Gasteiger partial charge in [0.25, 0.3) is 0 Å². The number of hydrogen-bond acceptors (Lipinski definition) is 4. The van der Waals surface area contributed by atoms with Gasteiger partial charge in [0, 0.05) is 33.6 Å². The molecule has 0 unspecified atom stereocenters. The number of carbonyl (C=O) groups excluding carboxylic acids is 1. The molecule has 3 aromatic carbocycles. The zero-order valence-corrected chi connectivity index (χ0v) is 21.9. The monoisotopic (exact) mass is 558 g/mol. The van der Waals surface area contributed by atoms with Crippen LogP contribution < -0.4 is 0 Å². The number of halogens is 1. The Morgan fingerprint density at radius 3 is 2.36 bits per heavy atom. The maximum Gasteiger partial charge on any atom is 0.407 e. The van der Waals surface area contributed by atoms with E-state index in [1.165, 1.54) is 16.7 Å². The summed E-state index contributed by atoms with van der Waals surface area (Å²) in [6, 6.07) is 23.8. The van der Waals surface area contributed by atoms with Crippen molar-refractivity contribution in [3.8, 4) is 11.1 Å². The summed E-state index contributed by atoms with van der Waals surface area (Å²) in [5, 5.41) is 10.8. The summed E-state index contributed by atoms with van der Waals surface area (Å²) < 4.78 is 0.873. The molecule has 1 heterocycles. The van der Waals surface area contributed by atoms with Crippen LogP contribution in [0.3, 0.4) is 0 Å². The molecule has 0 saturated carbocycles. The summed E-state index contributed by atoms with van der Waals surface area (Å²) in [5.74, 6) is -0.0460. The highest BCUT2D eigenvalue weighted by molar-refractivity contribution is 9.10. The SMILES string of the molecule is Cc1cc(Br)cc(CN(CC2c3ccccc3-c3ccccc32)C(=O)O)c1Sc1ncccc1C=O. The minimum absolute atomic E-state index is 0.0460. The third kappa shape index (κ3) is 4.68. The molecule has 5 rings (SSSR count). The van der Waals surface area contributed by atoms with Crippen LogP contribution in [-0.4, -0.2) is 33.9 Å². The number of aryl methyl sites for hydroxylation is 1. The summed E-state index contributed by atoms with van der Waals surface area (Å²) in [6.07, 6.45) is 1.47. The van der Waals surface area contributed by atoms with Crippen molar-refractivity contribution >= 4 is 40.1 Å². The van der Waals surface area contributed by atoms with E-state index < -0.39 is 6.09 Å². The lowest BCUT2D eigenvalue weighted by Crippen LogP contribution is -2.33.